The number of nitrogens with zero attached hydrogens (tertiary/aromatic N) is 1. The molecule has 2 rings (SSSR count). The fraction of sp³-hybridized carbons (Fsp3) is 0.417. The predicted octanol–water partition coefficient (Wildman–Crippen LogP) is 3.30. The number of aromatic hydroxyl groups is 1. The van der Waals surface area contributed by atoms with Crippen molar-refractivity contribution >= 4 is 29.4 Å². The summed E-state index contributed by atoms with van der Waals surface area (Å²) in [4.78, 5) is 4.24. The van der Waals surface area contributed by atoms with E-state index in [4.69, 9.17) is 27.9 Å². The molecule has 0 saturated carbocycles. The highest BCUT2D eigenvalue weighted by atomic mass is 35.5. The Bertz CT molecular complexity index is 429. The van der Waals surface area contributed by atoms with Crippen LogP contribution in [0.2, 0.25) is 10.0 Å². The number of hydrogen-bond donors (Lipinski definition) is 1. The molecule has 1 heterocycles. The third kappa shape index (κ3) is 3.35. The Balaban J connectivity index is 2.04. The highest BCUT2D eigenvalue weighted by Crippen LogP contribution is 2.30. The fourth-order valence-corrected chi connectivity index (χ4v) is 2.25. The number of benzene rings is 1. The summed E-state index contributed by atoms with van der Waals surface area (Å²) in [7, 11) is 0. The second-order valence-corrected chi connectivity index (χ2v) is 4.80. The summed E-state index contributed by atoms with van der Waals surface area (Å²) in [5.74, 6) is 0.00663. The molecule has 17 heavy (non-hydrogen) atoms. The van der Waals surface area contributed by atoms with Gasteiger partial charge in [0.15, 0.2) is 0 Å². The molecule has 1 atom stereocenters. The highest BCUT2D eigenvalue weighted by Gasteiger charge is 2.14. The first-order valence-electron chi connectivity index (χ1n) is 5.46. The van der Waals surface area contributed by atoms with Crippen LogP contribution in [0.3, 0.4) is 0 Å². The lowest BCUT2D eigenvalue weighted by Crippen LogP contribution is -2.08. The minimum atomic E-state index is 0.00663. The van der Waals surface area contributed by atoms with E-state index in [0.717, 1.165) is 19.4 Å². The minimum absolute atomic E-state index is 0.00663. The Morgan fingerprint density at radius 3 is 3.00 bits per heavy atom. The molecule has 1 saturated heterocycles. The second-order valence-electron chi connectivity index (χ2n) is 3.95. The van der Waals surface area contributed by atoms with Crippen LogP contribution in [-0.4, -0.2) is 30.6 Å². The molecule has 0 spiro atoms. The SMILES string of the molecule is Oc1c(Cl)cc(Cl)cc1C=NC[C@H]1CCCO1. The monoisotopic (exact) mass is 273 g/mol. The standard InChI is InChI=1S/C12H13Cl2NO2/c13-9-4-8(12(16)11(14)5-9)6-15-7-10-2-1-3-17-10/h4-6,10,16H,1-3,7H2/t10-/m1/s1. The summed E-state index contributed by atoms with van der Waals surface area (Å²) in [6.45, 7) is 1.41. The van der Waals surface area contributed by atoms with Crippen LogP contribution in [0.15, 0.2) is 17.1 Å². The van der Waals surface area contributed by atoms with Crippen LogP contribution >= 0.6 is 23.2 Å². The molecule has 0 aromatic heterocycles. The summed E-state index contributed by atoms with van der Waals surface area (Å²) in [5, 5.41) is 10.4. The van der Waals surface area contributed by atoms with Crippen LogP contribution in [0.1, 0.15) is 18.4 Å². The van der Waals surface area contributed by atoms with Crippen molar-refractivity contribution in [1.82, 2.24) is 0 Å². The van der Waals surface area contributed by atoms with Crippen molar-refractivity contribution in [2.24, 2.45) is 4.99 Å². The lowest BCUT2D eigenvalue weighted by atomic mass is 10.2. The Morgan fingerprint density at radius 1 is 1.47 bits per heavy atom. The maximum atomic E-state index is 9.70. The van der Waals surface area contributed by atoms with E-state index in [1.165, 1.54) is 6.07 Å². The van der Waals surface area contributed by atoms with Gasteiger partial charge in [-0.1, -0.05) is 23.2 Å². The van der Waals surface area contributed by atoms with Crippen molar-refractivity contribution in [1.29, 1.82) is 0 Å². The number of halogens is 2. The van der Waals surface area contributed by atoms with E-state index in [1.807, 2.05) is 0 Å². The van der Waals surface area contributed by atoms with Gasteiger partial charge in [0, 0.05) is 23.4 Å². The smallest absolute Gasteiger partial charge is 0.143 e. The van der Waals surface area contributed by atoms with Gasteiger partial charge < -0.3 is 9.84 Å². The van der Waals surface area contributed by atoms with Crippen molar-refractivity contribution in [2.45, 2.75) is 18.9 Å². The zero-order chi connectivity index (χ0) is 12.3. The number of aliphatic imine (C=N–C) groups is 1. The molecule has 1 aliphatic heterocycles. The fourth-order valence-electron chi connectivity index (χ4n) is 1.74. The van der Waals surface area contributed by atoms with Gasteiger partial charge in [0.25, 0.3) is 0 Å². The Labute approximate surface area is 110 Å². The maximum Gasteiger partial charge on any atom is 0.143 e. The zero-order valence-electron chi connectivity index (χ0n) is 9.20. The molecule has 0 bridgehead atoms. The molecule has 3 nitrogen and oxygen atoms in total. The van der Waals surface area contributed by atoms with Crippen LogP contribution < -0.4 is 0 Å². The molecule has 0 radical (unpaired) electrons. The molecule has 1 aromatic rings. The summed E-state index contributed by atoms with van der Waals surface area (Å²) >= 11 is 11.7. The Kier molecular flexibility index (Phi) is 4.26. The number of phenols is 1. The first-order chi connectivity index (χ1) is 8.16. The summed E-state index contributed by atoms with van der Waals surface area (Å²) in [6, 6.07) is 3.12. The van der Waals surface area contributed by atoms with Crippen LogP contribution in [0, 0.1) is 0 Å². The first-order valence-corrected chi connectivity index (χ1v) is 6.22. The van der Waals surface area contributed by atoms with Crippen molar-refractivity contribution in [3.63, 3.8) is 0 Å². The molecule has 5 heteroatoms. The molecular formula is C12H13Cl2NO2. The average Bonchev–Trinajstić information content (AvgIpc) is 2.78. The third-order valence-corrected chi connectivity index (χ3v) is 3.13. The second kappa shape index (κ2) is 5.71. The van der Waals surface area contributed by atoms with E-state index in [1.54, 1.807) is 12.3 Å². The summed E-state index contributed by atoms with van der Waals surface area (Å²) in [6.07, 6.45) is 3.91. The third-order valence-electron chi connectivity index (χ3n) is 2.62. The van der Waals surface area contributed by atoms with E-state index in [-0.39, 0.29) is 16.9 Å². The van der Waals surface area contributed by atoms with Gasteiger partial charge in [-0.15, -0.1) is 0 Å². The van der Waals surface area contributed by atoms with E-state index >= 15 is 0 Å². The molecule has 0 aliphatic carbocycles. The average molecular weight is 274 g/mol. The lowest BCUT2D eigenvalue weighted by Gasteiger charge is -2.05. The molecule has 1 aromatic carbocycles. The molecule has 0 unspecified atom stereocenters. The first kappa shape index (κ1) is 12.7. The van der Waals surface area contributed by atoms with Gasteiger partial charge >= 0.3 is 0 Å². The van der Waals surface area contributed by atoms with Gasteiger partial charge in [0.05, 0.1) is 17.7 Å². The van der Waals surface area contributed by atoms with Gasteiger partial charge in [-0.05, 0) is 25.0 Å². The van der Waals surface area contributed by atoms with Gasteiger partial charge in [-0.25, -0.2) is 0 Å². The largest absolute Gasteiger partial charge is 0.506 e. The quantitative estimate of drug-likeness (QED) is 0.859. The highest BCUT2D eigenvalue weighted by molar-refractivity contribution is 6.36. The number of hydrogen-bond acceptors (Lipinski definition) is 3. The number of phenolic OH excluding ortho intramolecular Hbond substituents is 1. The number of ether oxygens (including phenoxy) is 1. The van der Waals surface area contributed by atoms with Crippen molar-refractivity contribution in [3.8, 4) is 5.75 Å². The molecule has 92 valence electrons. The predicted molar refractivity (Wildman–Crippen MR) is 69.6 cm³/mol. The van der Waals surface area contributed by atoms with Crippen LogP contribution in [0.4, 0.5) is 0 Å². The molecule has 1 aliphatic rings. The van der Waals surface area contributed by atoms with Crippen molar-refractivity contribution in [3.05, 3.63) is 27.7 Å². The van der Waals surface area contributed by atoms with Crippen molar-refractivity contribution < 1.29 is 9.84 Å². The molecule has 1 N–H and O–H groups in total. The van der Waals surface area contributed by atoms with E-state index < -0.39 is 0 Å². The van der Waals surface area contributed by atoms with Crippen LogP contribution in [0.5, 0.6) is 5.75 Å². The molecular weight excluding hydrogens is 261 g/mol. The van der Waals surface area contributed by atoms with Gasteiger partial charge in [0.1, 0.15) is 5.75 Å². The van der Waals surface area contributed by atoms with E-state index in [0.29, 0.717) is 17.1 Å². The maximum absolute atomic E-state index is 9.70. The van der Waals surface area contributed by atoms with E-state index in [9.17, 15) is 5.11 Å². The van der Waals surface area contributed by atoms with E-state index in [2.05, 4.69) is 4.99 Å². The van der Waals surface area contributed by atoms with Gasteiger partial charge in [-0.3, -0.25) is 4.99 Å². The van der Waals surface area contributed by atoms with Crippen LogP contribution in [0.25, 0.3) is 0 Å². The molecule has 0 amide bonds. The van der Waals surface area contributed by atoms with Gasteiger partial charge in [-0.2, -0.15) is 0 Å². The summed E-state index contributed by atoms with van der Waals surface area (Å²) in [5.41, 5.74) is 0.528. The van der Waals surface area contributed by atoms with Crippen LogP contribution in [-0.2, 0) is 4.74 Å². The zero-order valence-corrected chi connectivity index (χ0v) is 10.7. The summed E-state index contributed by atoms with van der Waals surface area (Å²) < 4.78 is 5.44. The molecule has 1 fully saturated rings. The van der Waals surface area contributed by atoms with Crippen molar-refractivity contribution in [2.75, 3.05) is 13.2 Å². The topological polar surface area (TPSA) is 41.8 Å². The number of rotatable bonds is 3. The van der Waals surface area contributed by atoms with Gasteiger partial charge in [0.2, 0.25) is 0 Å². The minimum Gasteiger partial charge on any atom is -0.506 e. The normalized spacial score (nSPS) is 20.2. The Morgan fingerprint density at radius 2 is 2.29 bits per heavy atom. The lowest BCUT2D eigenvalue weighted by molar-refractivity contribution is 0.118. The Hall–Kier alpha value is -0.770.